The van der Waals surface area contributed by atoms with Gasteiger partial charge in [0.05, 0.1) is 11.5 Å². The van der Waals surface area contributed by atoms with Crippen molar-refractivity contribution in [1.29, 1.82) is 0 Å². The fourth-order valence-corrected chi connectivity index (χ4v) is 5.41. The van der Waals surface area contributed by atoms with Gasteiger partial charge in [0.1, 0.15) is 0 Å². The maximum absolute atomic E-state index is 11.9. The number of sulfone groups is 1. The average molecular weight is 379 g/mol. The van der Waals surface area contributed by atoms with Crippen molar-refractivity contribution in [2.24, 2.45) is 5.92 Å². The summed E-state index contributed by atoms with van der Waals surface area (Å²) >= 11 is 0. The van der Waals surface area contributed by atoms with E-state index in [1.54, 1.807) is 6.08 Å². The molecule has 1 saturated carbocycles. The van der Waals surface area contributed by atoms with E-state index < -0.39 is 15.7 Å². The Morgan fingerprint density at radius 1 is 1.23 bits per heavy atom. The quantitative estimate of drug-likeness (QED) is 0.597. The Bertz CT molecular complexity index is 850. The van der Waals surface area contributed by atoms with Crippen molar-refractivity contribution in [3.8, 4) is 0 Å². The predicted molar refractivity (Wildman–Crippen MR) is 98.9 cm³/mol. The summed E-state index contributed by atoms with van der Waals surface area (Å²) in [5.41, 5.74) is 8.00. The minimum absolute atomic E-state index is 0.0465. The zero-order chi connectivity index (χ0) is 18.9. The van der Waals surface area contributed by atoms with Crippen molar-refractivity contribution in [2.45, 2.75) is 45.6 Å². The summed E-state index contributed by atoms with van der Waals surface area (Å²) in [7, 11) is -3.00. The molecule has 1 atom stereocenters. The monoisotopic (exact) mass is 379 g/mol. The first-order valence-electron chi connectivity index (χ1n) is 8.91. The van der Waals surface area contributed by atoms with Gasteiger partial charge >= 0.3 is 0 Å². The number of carbonyl (C=O) groups is 2. The van der Waals surface area contributed by atoms with E-state index in [4.69, 9.17) is 0 Å². The van der Waals surface area contributed by atoms with E-state index in [1.807, 2.05) is 6.92 Å². The van der Waals surface area contributed by atoms with E-state index in [0.29, 0.717) is 12.5 Å². The molecular formula is C18H25N3O4S. The van der Waals surface area contributed by atoms with E-state index in [2.05, 4.69) is 28.4 Å². The molecule has 1 aromatic rings. The van der Waals surface area contributed by atoms with Crippen molar-refractivity contribution in [2.75, 3.05) is 11.5 Å². The molecule has 2 amide bonds. The molecule has 0 radical (unpaired) electrons. The Morgan fingerprint density at radius 3 is 2.58 bits per heavy atom. The van der Waals surface area contributed by atoms with Crippen LogP contribution in [0.3, 0.4) is 0 Å². The second kappa shape index (κ2) is 7.26. The molecule has 1 aromatic heterocycles. The fraction of sp³-hybridized carbons (Fsp3) is 0.556. The number of hydrazine groups is 1. The van der Waals surface area contributed by atoms with Gasteiger partial charge in [-0.05, 0) is 56.7 Å². The first-order chi connectivity index (χ1) is 12.2. The van der Waals surface area contributed by atoms with Crippen LogP contribution >= 0.6 is 0 Å². The van der Waals surface area contributed by atoms with E-state index in [9.17, 15) is 18.0 Å². The van der Waals surface area contributed by atoms with Crippen LogP contribution in [0.1, 0.15) is 48.7 Å². The molecule has 0 bridgehead atoms. The van der Waals surface area contributed by atoms with Gasteiger partial charge in [0.25, 0.3) is 5.91 Å². The van der Waals surface area contributed by atoms with Crippen LogP contribution in [0.4, 0.5) is 0 Å². The highest BCUT2D eigenvalue weighted by Gasteiger charge is 2.29. The van der Waals surface area contributed by atoms with Crippen LogP contribution in [0.5, 0.6) is 0 Å². The molecule has 3 rings (SSSR count). The Labute approximate surface area is 153 Å². The van der Waals surface area contributed by atoms with Crippen LogP contribution in [-0.2, 0) is 19.4 Å². The number of amides is 2. The number of aryl methyl sites for hydroxylation is 1. The van der Waals surface area contributed by atoms with Gasteiger partial charge in [-0.1, -0.05) is 0 Å². The molecule has 2 N–H and O–H groups in total. The van der Waals surface area contributed by atoms with Crippen molar-refractivity contribution in [1.82, 2.24) is 15.4 Å². The summed E-state index contributed by atoms with van der Waals surface area (Å²) in [5, 5.41) is 0. The minimum Gasteiger partial charge on any atom is -0.346 e. The Balaban J connectivity index is 1.47. The topological polar surface area (TPSA) is 97.3 Å². The maximum Gasteiger partial charge on any atom is 0.262 e. The SMILES string of the molecule is Cc1cc(/C=C/C(=O)NNC(=O)C[C@H]2CCS(=O)(=O)C2)c(C)n1C1CC1. The highest BCUT2D eigenvalue weighted by atomic mass is 32.2. The summed E-state index contributed by atoms with van der Waals surface area (Å²) < 4.78 is 25.1. The summed E-state index contributed by atoms with van der Waals surface area (Å²) in [6.07, 6.45) is 6.14. The summed E-state index contributed by atoms with van der Waals surface area (Å²) in [5.74, 6) is -0.779. The first kappa shape index (κ1) is 18.7. The summed E-state index contributed by atoms with van der Waals surface area (Å²) in [4.78, 5) is 23.7. The minimum atomic E-state index is -3.00. The van der Waals surface area contributed by atoms with Gasteiger partial charge in [-0.3, -0.25) is 20.4 Å². The van der Waals surface area contributed by atoms with Gasteiger partial charge in [-0.2, -0.15) is 0 Å². The zero-order valence-electron chi connectivity index (χ0n) is 15.1. The molecule has 1 saturated heterocycles. The van der Waals surface area contributed by atoms with Crippen LogP contribution in [0.2, 0.25) is 0 Å². The van der Waals surface area contributed by atoms with E-state index >= 15 is 0 Å². The molecule has 7 nitrogen and oxygen atoms in total. The van der Waals surface area contributed by atoms with Gasteiger partial charge in [0.2, 0.25) is 5.91 Å². The fourth-order valence-electron chi connectivity index (χ4n) is 3.55. The molecule has 1 aliphatic carbocycles. The third kappa shape index (κ3) is 4.55. The molecule has 0 spiro atoms. The van der Waals surface area contributed by atoms with E-state index in [1.165, 1.54) is 24.6 Å². The molecule has 0 unspecified atom stereocenters. The molecule has 26 heavy (non-hydrogen) atoms. The largest absolute Gasteiger partial charge is 0.346 e. The summed E-state index contributed by atoms with van der Waals surface area (Å²) in [6, 6.07) is 2.64. The highest BCUT2D eigenvalue weighted by Crippen LogP contribution is 2.38. The number of hydrogen-bond donors (Lipinski definition) is 2. The molecule has 2 aliphatic rings. The standard InChI is InChI=1S/C18H25N3O4S/c1-12-9-15(13(2)21(12)16-4-5-16)3-6-17(22)19-20-18(23)10-14-7-8-26(24,25)11-14/h3,6,9,14,16H,4-5,7-8,10-11H2,1-2H3,(H,19,22)(H,20,23)/b6-3+/t14-/m1/s1. The molecule has 142 valence electrons. The van der Waals surface area contributed by atoms with Gasteiger partial charge < -0.3 is 4.57 Å². The first-order valence-corrected chi connectivity index (χ1v) is 10.7. The molecule has 1 aliphatic heterocycles. The van der Waals surface area contributed by atoms with Crippen LogP contribution in [0, 0.1) is 19.8 Å². The molecule has 2 fully saturated rings. The second-order valence-electron chi connectivity index (χ2n) is 7.27. The van der Waals surface area contributed by atoms with Crippen molar-refractivity contribution in [3.05, 3.63) is 29.1 Å². The zero-order valence-corrected chi connectivity index (χ0v) is 15.9. The molecular weight excluding hydrogens is 354 g/mol. The maximum atomic E-state index is 11.9. The van der Waals surface area contributed by atoms with Crippen LogP contribution in [0.25, 0.3) is 6.08 Å². The normalized spacial score (nSPS) is 21.8. The van der Waals surface area contributed by atoms with Gasteiger partial charge in [0.15, 0.2) is 9.84 Å². The van der Waals surface area contributed by atoms with Gasteiger partial charge in [-0.25, -0.2) is 8.42 Å². The second-order valence-corrected chi connectivity index (χ2v) is 9.50. The van der Waals surface area contributed by atoms with Crippen LogP contribution in [0.15, 0.2) is 12.1 Å². The Morgan fingerprint density at radius 2 is 1.96 bits per heavy atom. The number of carbonyl (C=O) groups excluding carboxylic acids is 2. The number of hydrogen-bond acceptors (Lipinski definition) is 4. The van der Waals surface area contributed by atoms with Crippen LogP contribution < -0.4 is 10.9 Å². The number of nitrogens with zero attached hydrogens (tertiary/aromatic N) is 1. The third-order valence-electron chi connectivity index (χ3n) is 4.98. The lowest BCUT2D eigenvalue weighted by Crippen LogP contribution is -2.41. The predicted octanol–water partition coefficient (Wildman–Crippen LogP) is 1.43. The lowest BCUT2D eigenvalue weighted by Gasteiger charge is -2.08. The molecule has 2 heterocycles. The summed E-state index contributed by atoms with van der Waals surface area (Å²) in [6.45, 7) is 4.10. The lowest BCUT2D eigenvalue weighted by atomic mass is 10.1. The van der Waals surface area contributed by atoms with Crippen molar-refractivity contribution < 1.29 is 18.0 Å². The third-order valence-corrected chi connectivity index (χ3v) is 6.81. The molecule has 0 aromatic carbocycles. The number of nitrogens with one attached hydrogen (secondary N) is 2. The van der Waals surface area contributed by atoms with Crippen molar-refractivity contribution in [3.63, 3.8) is 0 Å². The van der Waals surface area contributed by atoms with E-state index in [-0.39, 0.29) is 29.8 Å². The molecule has 8 heteroatoms. The number of aromatic nitrogens is 1. The number of rotatable bonds is 5. The highest BCUT2D eigenvalue weighted by molar-refractivity contribution is 7.91. The smallest absolute Gasteiger partial charge is 0.262 e. The van der Waals surface area contributed by atoms with E-state index in [0.717, 1.165) is 11.3 Å². The van der Waals surface area contributed by atoms with Crippen molar-refractivity contribution >= 4 is 27.7 Å². The average Bonchev–Trinajstić information content (AvgIpc) is 3.27. The van der Waals surface area contributed by atoms with Gasteiger partial charge in [0, 0.05) is 29.9 Å². The van der Waals surface area contributed by atoms with Crippen LogP contribution in [-0.4, -0.2) is 36.3 Å². The van der Waals surface area contributed by atoms with Gasteiger partial charge in [-0.15, -0.1) is 0 Å². The Hall–Kier alpha value is -2.09. The Kier molecular flexibility index (Phi) is 5.22. The lowest BCUT2D eigenvalue weighted by molar-refractivity contribution is -0.127.